The number of hydrogen-bond acceptors (Lipinski definition) is 4. The molecule has 1 aliphatic heterocycles. The molecule has 4 rings (SSSR count). The van der Waals surface area contributed by atoms with E-state index in [1.165, 1.54) is 12.5 Å². The van der Waals surface area contributed by atoms with Crippen molar-refractivity contribution in [3.05, 3.63) is 111 Å². The van der Waals surface area contributed by atoms with Gasteiger partial charge in [0.2, 0.25) is 5.76 Å². The van der Waals surface area contributed by atoms with Crippen LogP contribution in [0.4, 0.5) is 0 Å². The summed E-state index contributed by atoms with van der Waals surface area (Å²) in [6.07, 6.45) is 10.3. The van der Waals surface area contributed by atoms with Crippen LogP contribution in [0.1, 0.15) is 23.5 Å². The van der Waals surface area contributed by atoms with Gasteiger partial charge in [-0.15, -0.1) is 0 Å². The van der Waals surface area contributed by atoms with E-state index < -0.39 is 0 Å². The molecule has 0 bridgehead atoms. The highest BCUT2D eigenvalue weighted by Crippen LogP contribution is 2.38. The molecule has 4 nitrogen and oxygen atoms in total. The van der Waals surface area contributed by atoms with Crippen LogP contribution in [-0.2, 0) is 20.9 Å². The van der Waals surface area contributed by atoms with E-state index in [1.54, 1.807) is 12.1 Å². The first kappa shape index (κ1) is 20.3. The van der Waals surface area contributed by atoms with Crippen LogP contribution >= 0.6 is 23.2 Å². The lowest BCUT2D eigenvalue weighted by atomic mass is 9.84. The van der Waals surface area contributed by atoms with Crippen LogP contribution in [0.2, 0.25) is 10.0 Å². The number of aldehydes is 1. The summed E-state index contributed by atoms with van der Waals surface area (Å²) in [5, 5.41) is 1.03. The Kier molecular flexibility index (Phi) is 6.26. The Labute approximate surface area is 184 Å². The number of carbonyl (C=O) groups excluding carboxylic acids is 1. The molecule has 1 atom stereocenters. The molecule has 6 heteroatoms. The monoisotopic (exact) mass is 440 g/mol. The normalized spacial score (nSPS) is 17.8. The van der Waals surface area contributed by atoms with Crippen LogP contribution in [0, 0.1) is 0 Å². The van der Waals surface area contributed by atoms with Gasteiger partial charge in [0, 0.05) is 11.5 Å². The second-order valence-corrected chi connectivity index (χ2v) is 7.62. The molecule has 1 heterocycles. The summed E-state index contributed by atoms with van der Waals surface area (Å²) in [4.78, 5) is 11.0. The van der Waals surface area contributed by atoms with Crippen LogP contribution in [0.15, 0.2) is 90.3 Å². The summed E-state index contributed by atoms with van der Waals surface area (Å²) >= 11 is 12.0. The summed E-state index contributed by atoms with van der Waals surface area (Å²) in [6, 6.07) is 13.4. The molecular weight excluding hydrogens is 423 g/mol. The van der Waals surface area contributed by atoms with Gasteiger partial charge in [0.25, 0.3) is 0 Å². The lowest BCUT2D eigenvalue weighted by Gasteiger charge is -2.25. The van der Waals surface area contributed by atoms with E-state index >= 15 is 0 Å². The molecule has 2 aromatic carbocycles. The van der Waals surface area contributed by atoms with Gasteiger partial charge in [-0.05, 0) is 41.8 Å². The molecule has 0 unspecified atom stereocenters. The van der Waals surface area contributed by atoms with E-state index in [-0.39, 0.29) is 11.7 Å². The molecule has 152 valence electrons. The minimum Gasteiger partial charge on any atom is -0.489 e. The highest BCUT2D eigenvalue weighted by Gasteiger charge is 2.24. The fraction of sp³-hybridized carbons (Fsp3) is 0.125. The van der Waals surface area contributed by atoms with Gasteiger partial charge < -0.3 is 14.2 Å². The van der Waals surface area contributed by atoms with Gasteiger partial charge >= 0.3 is 0 Å². The van der Waals surface area contributed by atoms with Crippen molar-refractivity contribution in [2.45, 2.75) is 18.9 Å². The topological polar surface area (TPSA) is 44.8 Å². The Hall–Kier alpha value is -2.95. The van der Waals surface area contributed by atoms with Crippen LogP contribution < -0.4 is 4.74 Å². The molecule has 0 fully saturated rings. The lowest BCUT2D eigenvalue weighted by Crippen LogP contribution is -2.11. The third-order valence-electron chi connectivity index (χ3n) is 4.82. The Morgan fingerprint density at radius 3 is 2.67 bits per heavy atom. The van der Waals surface area contributed by atoms with Gasteiger partial charge in [0.1, 0.15) is 24.9 Å². The smallest absolute Gasteiger partial charge is 0.202 e. The lowest BCUT2D eigenvalue weighted by molar-refractivity contribution is -0.107. The Balaban J connectivity index is 1.45. The zero-order chi connectivity index (χ0) is 20.9. The molecule has 0 N–H and O–H groups in total. The standard InChI is InChI=1S/C24H18Cl2O4/c25-22-10-5-16(11-23(22)26)13-29-18-8-6-17(7-9-18)20-3-1-2-4-21(20)24-15-28-14-19(12-27)30-24/h1-2,4-12,14-15,20H,3,13H2/t20-/m0/s1. The summed E-state index contributed by atoms with van der Waals surface area (Å²) in [7, 11) is 0. The first-order valence-corrected chi connectivity index (χ1v) is 10.1. The van der Waals surface area contributed by atoms with Crippen molar-refractivity contribution in [2.24, 2.45) is 0 Å². The van der Waals surface area contributed by atoms with E-state index in [0.717, 1.165) is 28.9 Å². The predicted molar refractivity (Wildman–Crippen MR) is 116 cm³/mol. The van der Waals surface area contributed by atoms with Crippen molar-refractivity contribution < 1.29 is 19.0 Å². The first-order valence-electron chi connectivity index (χ1n) is 9.36. The second kappa shape index (κ2) is 9.24. The van der Waals surface area contributed by atoms with Gasteiger partial charge in [-0.1, -0.05) is 59.6 Å². The van der Waals surface area contributed by atoms with Gasteiger partial charge in [-0.3, -0.25) is 4.79 Å². The molecule has 1 aliphatic carbocycles. The molecule has 0 amide bonds. The number of rotatable bonds is 6. The van der Waals surface area contributed by atoms with E-state index in [9.17, 15) is 4.79 Å². The van der Waals surface area contributed by atoms with Gasteiger partial charge in [-0.25, -0.2) is 0 Å². The van der Waals surface area contributed by atoms with Crippen LogP contribution in [0.5, 0.6) is 5.75 Å². The molecule has 2 aliphatic rings. The summed E-state index contributed by atoms with van der Waals surface area (Å²) in [6.45, 7) is 0.395. The minimum atomic E-state index is 0.0833. The van der Waals surface area contributed by atoms with Crippen LogP contribution in [-0.4, -0.2) is 6.29 Å². The number of ether oxygens (including phenoxy) is 3. The SMILES string of the molecule is O=CC1=COC=C(C2=CC=CC[C@H]2c2ccc(OCc3ccc(Cl)c(Cl)c3)cc2)O1. The number of benzene rings is 2. The quantitative estimate of drug-likeness (QED) is 0.482. The third kappa shape index (κ3) is 4.61. The molecule has 0 aromatic heterocycles. The Bertz CT molecular complexity index is 1070. The number of hydrogen-bond donors (Lipinski definition) is 0. The first-order chi connectivity index (χ1) is 14.6. The molecule has 30 heavy (non-hydrogen) atoms. The van der Waals surface area contributed by atoms with E-state index in [0.29, 0.717) is 28.7 Å². The molecule has 2 aromatic rings. The second-order valence-electron chi connectivity index (χ2n) is 6.80. The average molecular weight is 441 g/mol. The molecule has 0 saturated carbocycles. The van der Waals surface area contributed by atoms with Gasteiger partial charge in [-0.2, -0.15) is 0 Å². The molecule has 0 spiro atoms. The van der Waals surface area contributed by atoms with Crippen molar-refractivity contribution in [3.8, 4) is 5.75 Å². The fourth-order valence-electron chi connectivity index (χ4n) is 3.31. The zero-order valence-electron chi connectivity index (χ0n) is 15.9. The highest BCUT2D eigenvalue weighted by atomic mass is 35.5. The summed E-state index contributed by atoms with van der Waals surface area (Å²) in [5.41, 5.74) is 3.00. The summed E-state index contributed by atoms with van der Waals surface area (Å²) < 4.78 is 16.8. The Morgan fingerprint density at radius 1 is 1.07 bits per heavy atom. The molecular formula is C24H18Cl2O4. The maximum absolute atomic E-state index is 11.0. The fourth-order valence-corrected chi connectivity index (χ4v) is 3.63. The Morgan fingerprint density at radius 2 is 1.90 bits per heavy atom. The van der Waals surface area contributed by atoms with Crippen LogP contribution in [0.25, 0.3) is 0 Å². The predicted octanol–water partition coefficient (Wildman–Crippen LogP) is 6.47. The number of halogens is 2. The molecule has 0 saturated heterocycles. The van der Waals surface area contributed by atoms with E-state index in [2.05, 4.69) is 6.08 Å². The van der Waals surface area contributed by atoms with Gasteiger partial charge in [0.05, 0.1) is 10.0 Å². The average Bonchev–Trinajstić information content (AvgIpc) is 2.80. The van der Waals surface area contributed by atoms with Crippen molar-refractivity contribution >= 4 is 29.5 Å². The summed E-state index contributed by atoms with van der Waals surface area (Å²) in [5.74, 6) is 1.52. The minimum absolute atomic E-state index is 0.0833. The van der Waals surface area contributed by atoms with Crippen molar-refractivity contribution in [1.82, 2.24) is 0 Å². The van der Waals surface area contributed by atoms with E-state index in [4.69, 9.17) is 37.4 Å². The van der Waals surface area contributed by atoms with Crippen LogP contribution in [0.3, 0.4) is 0 Å². The van der Waals surface area contributed by atoms with E-state index in [1.807, 2.05) is 42.5 Å². The maximum atomic E-state index is 11.0. The van der Waals surface area contributed by atoms with Crippen molar-refractivity contribution in [1.29, 1.82) is 0 Å². The zero-order valence-corrected chi connectivity index (χ0v) is 17.4. The third-order valence-corrected chi connectivity index (χ3v) is 5.56. The van der Waals surface area contributed by atoms with Gasteiger partial charge in [0.15, 0.2) is 12.0 Å². The largest absolute Gasteiger partial charge is 0.489 e. The highest BCUT2D eigenvalue weighted by molar-refractivity contribution is 6.42. The van der Waals surface area contributed by atoms with Crippen molar-refractivity contribution in [3.63, 3.8) is 0 Å². The molecule has 0 radical (unpaired) electrons. The van der Waals surface area contributed by atoms with Crippen molar-refractivity contribution in [2.75, 3.05) is 0 Å². The number of allylic oxidation sites excluding steroid dienone is 5. The maximum Gasteiger partial charge on any atom is 0.202 e. The number of carbonyl (C=O) groups is 1.